The third-order valence-electron chi connectivity index (χ3n) is 7.84. The number of hydrogen-bond acceptors (Lipinski definition) is 11. The van der Waals surface area contributed by atoms with Crippen molar-refractivity contribution in [3.63, 3.8) is 0 Å². The summed E-state index contributed by atoms with van der Waals surface area (Å²) in [4.78, 5) is 24.8. The number of thioether (sulfide) groups is 1. The fourth-order valence-electron chi connectivity index (χ4n) is 5.85. The van der Waals surface area contributed by atoms with Crippen molar-refractivity contribution in [2.75, 3.05) is 80.3 Å². The van der Waals surface area contributed by atoms with Gasteiger partial charge < -0.3 is 29.6 Å². The second-order valence-electron chi connectivity index (χ2n) is 13.9. The van der Waals surface area contributed by atoms with Crippen molar-refractivity contribution in [1.29, 1.82) is 0 Å². The molecular formula is C35H63N5O8S2. The van der Waals surface area contributed by atoms with Gasteiger partial charge in [-0.2, -0.15) is 11.8 Å². The molecule has 0 saturated carbocycles. The highest BCUT2D eigenvalue weighted by atomic mass is 32.2. The normalized spacial score (nSPS) is 15.8. The average Bonchev–Trinajstić information content (AvgIpc) is 3.03. The summed E-state index contributed by atoms with van der Waals surface area (Å²) >= 11 is 1.50. The summed E-state index contributed by atoms with van der Waals surface area (Å²) in [5.74, 6) is -0.464. The molecule has 0 spiro atoms. The maximum absolute atomic E-state index is 12.5. The molecule has 1 aliphatic heterocycles. The molecule has 0 radical (unpaired) electrons. The molecule has 1 fully saturated rings. The predicted octanol–water partition coefficient (Wildman–Crippen LogP) is 4.46. The molecule has 0 atom stereocenters. The van der Waals surface area contributed by atoms with Gasteiger partial charge in [0.25, 0.3) is 0 Å². The quantitative estimate of drug-likeness (QED) is 0.0491. The number of amides is 2. The SMILES string of the molecule is CCCCCCCCOCCOCCOCCOCCSCCS(=O)(=O)Nc1ccc(NNC(=O)C(=O)NC2CC(C)(C)NC(C)(C)C2)cc1. The Bertz CT molecular complexity index is 1190. The van der Waals surface area contributed by atoms with Crippen LogP contribution in [0.1, 0.15) is 86.0 Å². The van der Waals surface area contributed by atoms with E-state index in [0.717, 1.165) is 13.0 Å². The molecule has 50 heavy (non-hydrogen) atoms. The number of benzene rings is 1. The largest absolute Gasteiger partial charge is 0.379 e. The van der Waals surface area contributed by atoms with Crippen LogP contribution in [0.3, 0.4) is 0 Å². The second kappa shape index (κ2) is 24.2. The van der Waals surface area contributed by atoms with Crippen LogP contribution in [0.25, 0.3) is 0 Å². The van der Waals surface area contributed by atoms with E-state index in [0.29, 0.717) is 82.0 Å². The Morgan fingerprint density at radius 1 is 0.740 bits per heavy atom. The Hall–Kier alpha value is -2.14. The van der Waals surface area contributed by atoms with Gasteiger partial charge in [-0.3, -0.25) is 25.2 Å². The summed E-state index contributed by atoms with van der Waals surface area (Å²) < 4.78 is 49.7. The third kappa shape index (κ3) is 21.3. The van der Waals surface area contributed by atoms with E-state index < -0.39 is 21.8 Å². The van der Waals surface area contributed by atoms with Crippen molar-refractivity contribution >= 4 is 45.0 Å². The van der Waals surface area contributed by atoms with Crippen LogP contribution >= 0.6 is 11.8 Å². The predicted molar refractivity (Wildman–Crippen MR) is 202 cm³/mol. The van der Waals surface area contributed by atoms with Crippen LogP contribution in [-0.4, -0.2) is 107 Å². The molecule has 13 nitrogen and oxygen atoms in total. The van der Waals surface area contributed by atoms with E-state index in [1.165, 1.54) is 43.9 Å². The van der Waals surface area contributed by atoms with Gasteiger partial charge in [0.2, 0.25) is 10.0 Å². The van der Waals surface area contributed by atoms with E-state index in [1.807, 2.05) is 0 Å². The van der Waals surface area contributed by atoms with E-state index in [1.54, 1.807) is 24.3 Å². The van der Waals surface area contributed by atoms with Gasteiger partial charge in [-0.05, 0) is 71.2 Å². The highest BCUT2D eigenvalue weighted by Gasteiger charge is 2.38. The zero-order valence-electron chi connectivity index (χ0n) is 30.9. The molecule has 288 valence electrons. The lowest BCUT2D eigenvalue weighted by Crippen LogP contribution is -2.63. The van der Waals surface area contributed by atoms with Gasteiger partial charge in [0.05, 0.1) is 57.7 Å². The Balaban J connectivity index is 1.45. The number of rotatable bonds is 27. The number of ether oxygens (including phenoxy) is 4. The fourth-order valence-corrected chi connectivity index (χ4v) is 8.23. The number of carbonyl (C=O) groups excluding carboxylic acids is 2. The van der Waals surface area contributed by atoms with Crippen molar-refractivity contribution in [3.8, 4) is 0 Å². The van der Waals surface area contributed by atoms with Crippen LogP contribution in [0.5, 0.6) is 0 Å². The van der Waals surface area contributed by atoms with Gasteiger partial charge in [-0.25, -0.2) is 8.42 Å². The maximum Gasteiger partial charge on any atom is 0.327 e. The van der Waals surface area contributed by atoms with E-state index >= 15 is 0 Å². The molecule has 0 aliphatic carbocycles. The molecule has 2 rings (SSSR count). The summed E-state index contributed by atoms with van der Waals surface area (Å²) in [6, 6.07) is 6.23. The van der Waals surface area contributed by atoms with E-state index in [2.05, 4.69) is 60.8 Å². The summed E-state index contributed by atoms with van der Waals surface area (Å²) in [5, 5.41) is 6.37. The molecule has 0 bridgehead atoms. The minimum atomic E-state index is -3.54. The molecule has 15 heteroatoms. The molecule has 0 unspecified atom stereocenters. The number of sulfonamides is 1. The maximum atomic E-state index is 12.5. The summed E-state index contributed by atoms with van der Waals surface area (Å²) in [6.07, 6.45) is 8.96. The number of carbonyl (C=O) groups is 2. The summed E-state index contributed by atoms with van der Waals surface area (Å²) in [7, 11) is -3.54. The van der Waals surface area contributed by atoms with Crippen molar-refractivity contribution in [2.45, 2.75) is 103 Å². The highest BCUT2D eigenvalue weighted by Crippen LogP contribution is 2.28. The lowest BCUT2D eigenvalue weighted by atomic mass is 9.79. The van der Waals surface area contributed by atoms with Gasteiger partial charge in [0, 0.05) is 40.9 Å². The van der Waals surface area contributed by atoms with Gasteiger partial charge in [0.1, 0.15) is 0 Å². The first-order valence-corrected chi connectivity index (χ1v) is 20.8. The topological polar surface area (TPSA) is 165 Å². The molecule has 1 aliphatic rings. The van der Waals surface area contributed by atoms with Crippen LogP contribution in [0.15, 0.2) is 24.3 Å². The van der Waals surface area contributed by atoms with Crippen LogP contribution < -0.4 is 26.2 Å². The highest BCUT2D eigenvalue weighted by molar-refractivity contribution is 8.00. The molecular weight excluding hydrogens is 683 g/mol. The first kappa shape index (κ1) is 44.0. The molecule has 5 N–H and O–H groups in total. The number of nitrogens with one attached hydrogen (secondary N) is 5. The minimum Gasteiger partial charge on any atom is -0.379 e. The number of piperidine rings is 1. The lowest BCUT2D eigenvalue weighted by molar-refractivity contribution is -0.139. The molecule has 1 saturated heterocycles. The lowest BCUT2D eigenvalue weighted by Gasteiger charge is -2.46. The zero-order chi connectivity index (χ0) is 36.7. The Morgan fingerprint density at radius 3 is 1.86 bits per heavy atom. The van der Waals surface area contributed by atoms with Crippen LogP contribution in [-0.2, 0) is 38.6 Å². The van der Waals surface area contributed by atoms with Gasteiger partial charge in [0.15, 0.2) is 0 Å². The zero-order valence-corrected chi connectivity index (χ0v) is 32.5. The smallest absolute Gasteiger partial charge is 0.327 e. The Labute approximate surface area is 304 Å². The third-order valence-corrected chi connectivity index (χ3v) is 10.3. The number of anilines is 2. The number of unbranched alkanes of at least 4 members (excludes halogenated alkanes) is 5. The molecule has 2 amide bonds. The Kier molecular flexibility index (Phi) is 21.3. The van der Waals surface area contributed by atoms with Gasteiger partial charge in [-0.1, -0.05) is 39.0 Å². The number of hydrazine groups is 1. The van der Waals surface area contributed by atoms with Crippen molar-refractivity contribution in [1.82, 2.24) is 16.1 Å². The van der Waals surface area contributed by atoms with E-state index in [9.17, 15) is 18.0 Å². The number of hydrogen-bond donors (Lipinski definition) is 5. The minimum absolute atomic E-state index is 0.0402. The molecule has 1 aromatic carbocycles. The van der Waals surface area contributed by atoms with Crippen molar-refractivity contribution in [3.05, 3.63) is 24.3 Å². The summed E-state index contributed by atoms with van der Waals surface area (Å²) in [6.45, 7) is 15.0. The standard InChI is InChI=1S/C35H63N5O8S2/c1-6-7-8-9-10-11-16-45-17-18-46-19-20-47-21-22-48-23-24-49-25-26-50(43,44)39-30-14-12-29(13-15-30)37-38-33(42)32(41)36-31-27-34(2,3)40-35(4,5)28-31/h12-15,31,37,39-40H,6-11,16-28H2,1-5H3,(H,36,41)(H,38,42). The van der Waals surface area contributed by atoms with Crippen LogP contribution in [0.2, 0.25) is 0 Å². The van der Waals surface area contributed by atoms with Crippen LogP contribution in [0.4, 0.5) is 11.4 Å². The Morgan fingerprint density at radius 2 is 1.26 bits per heavy atom. The molecule has 0 aromatic heterocycles. The molecule has 1 heterocycles. The van der Waals surface area contributed by atoms with E-state index in [4.69, 9.17) is 18.9 Å². The fraction of sp³-hybridized carbons (Fsp3) is 0.771. The molecule has 1 aromatic rings. The monoisotopic (exact) mass is 745 g/mol. The van der Waals surface area contributed by atoms with Crippen molar-refractivity contribution in [2.24, 2.45) is 0 Å². The van der Waals surface area contributed by atoms with Gasteiger partial charge in [-0.15, -0.1) is 0 Å². The van der Waals surface area contributed by atoms with Crippen molar-refractivity contribution < 1.29 is 37.0 Å². The van der Waals surface area contributed by atoms with Gasteiger partial charge >= 0.3 is 11.8 Å². The second-order valence-corrected chi connectivity index (χ2v) is 16.9. The first-order valence-electron chi connectivity index (χ1n) is 18.0. The van der Waals surface area contributed by atoms with E-state index in [-0.39, 0.29) is 22.9 Å². The average molecular weight is 746 g/mol. The summed E-state index contributed by atoms with van der Waals surface area (Å²) in [5.41, 5.74) is 5.64. The first-order chi connectivity index (χ1) is 23.8. The van der Waals surface area contributed by atoms with Crippen LogP contribution in [0, 0.1) is 0 Å².